The van der Waals surface area contributed by atoms with Crippen molar-refractivity contribution in [2.45, 2.75) is 25.9 Å². The number of rotatable bonds is 4. The first kappa shape index (κ1) is 19.5. The maximum absolute atomic E-state index is 13.8. The highest BCUT2D eigenvalue weighted by Crippen LogP contribution is 2.50. The number of hydrogen-bond acceptors (Lipinski definition) is 4. The van der Waals surface area contributed by atoms with Crippen LogP contribution in [0.5, 0.6) is 0 Å². The summed E-state index contributed by atoms with van der Waals surface area (Å²) >= 11 is 0. The molecule has 5 nitrogen and oxygen atoms in total. The number of benzene rings is 2. The number of nitrogens with zero attached hydrogens (tertiary/aromatic N) is 2. The van der Waals surface area contributed by atoms with Crippen molar-refractivity contribution >= 4 is 28.9 Å². The fourth-order valence-corrected chi connectivity index (χ4v) is 5.40. The van der Waals surface area contributed by atoms with Gasteiger partial charge >= 0.3 is 0 Å². The molecule has 2 fully saturated rings. The molecule has 2 aromatic carbocycles. The van der Waals surface area contributed by atoms with E-state index in [-0.39, 0.29) is 30.2 Å². The lowest BCUT2D eigenvalue weighted by molar-refractivity contribution is -0.139. The summed E-state index contributed by atoms with van der Waals surface area (Å²) in [6.07, 6.45) is 3.61. The Balaban J connectivity index is 1.70. The topological polar surface area (TPSA) is 57.7 Å². The van der Waals surface area contributed by atoms with Gasteiger partial charge in [0.25, 0.3) is 0 Å². The second-order valence-electron chi connectivity index (χ2n) is 8.57. The number of allylic oxidation sites excluding steroid dienone is 1. The van der Waals surface area contributed by atoms with E-state index in [2.05, 4.69) is 18.7 Å². The van der Waals surface area contributed by atoms with Crippen LogP contribution < -0.4 is 4.90 Å². The maximum atomic E-state index is 13.8. The molecule has 3 aliphatic rings. The van der Waals surface area contributed by atoms with E-state index in [1.165, 1.54) is 4.90 Å². The Kier molecular flexibility index (Phi) is 4.43. The van der Waals surface area contributed by atoms with E-state index < -0.39 is 17.9 Å². The minimum absolute atomic E-state index is 0.126. The third-order valence-corrected chi connectivity index (χ3v) is 6.73. The van der Waals surface area contributed by atoms with Crippen molar-refractivity contribution in [3.05, 3.63) is 84.0 Å². The number of amides is 2. The van der Waals surface area contributed by atoms with Crippen molar-refractivity contribution in [2.24, 2.45) is 11.8 Å². The summed E-state index contributed by atoms with van der Waals surface area (Å²) in [6, 6.07) is 14.1. The van der Waals surface area contributed by atoms with E-state index in [1.807, 2.05) is 49.1 Å². The van der Waals surface area contributed by atoms with Gasteiger partial charge in [0.05, 0.1) is 17.9 Å². The van der Waals surface area contributed by atoms with Gasteiger partial charge in [-0.2, -0.15) is 0 Å². The van der Waals surface area contributed by atoms with Crippen LogP contribution in [0.15, 0.2) is 67.3 Å². The van der Waals surface area contributed by atoms with Gasteiger partial charge in [-0.15, -0.1) is 6.58 Å². The van der Waals surface area contributed by atoms with Gasteiger partial charge in [-0.1, -0.05) is 54.1 Å². The number of carbonyl (C=O) groups excluding carboxylic acids is 3. The van der Waals surface area contributed by atoms with Crippen LogP contribution in [0.3, 0.4) is 0 Å². The summed E-state index contributed by atoms with van der Waals surface area (Å²) in [5.41, 5.74) is 4.70. The van der Waals surface area contributed by atoms with Gasteiger partial charge in [0.1, 0.15) is 6.04 Å². The Morgan fingerprint density at radius 1 is 1.03 bits per heavy atom. The van der Waals surface area contributed by atoms with Crippen LogP contribution >= 0.6 is 0 Å². The Morgan fingerprint density at radius 3 is 2.45 bits per heavy atom. The number of carbonyl (C=O) groups is 3. The lowest BCUT2D eigenvalue weighted by Crippen LogP contribution is -2.49. The standard InChI is InChI=1S/C26H24N2O3/c1-4-12-27-25(30)21-20-14-16(3)18-13-15(2)10-11-19(18)28(20)23(22(21)26(27)31)24(29)17-8-6-5-7-9-17/h4-11,13-14,20-23H,1,12H2,2-3H3/t20-,21+,22+,23-/m0/s1. The average Bonchev–Trinajstić information content (AvgIpc) is 3.23. The summed E-state index contributed by atoms with van der Waals surface area (Å²) < 4.78 is 0. The van der Waals surface area contributed by atoms with E-state index in [0.29, 0.717) is 5.56 Å². The molecule has 0 aliphatic carbocycles. The van der Waals surface area contributed by atoms with Gasteiger partial charge in [0.2, 0.25) is 11.8 Å². The van der Waals surface area contributed by atoms with Crippen LogP contribution in [0, 0.1) is 18.8 Å². The first-order valence-electron chi connectivity index (χ1n) is 10.6. The van der Waals surface area contributed by atoms with E-state index >= 15 is 0 Å². The van der Waals surface area contributed by atoms with E-state index in [0.717, 1.165) is 22.4 Å². The smallest absolute Gasteiger partial charge is 0.236 e. The molecular weight excluding hydrogens is 388 g/mol. The van der Waals surface area contributed by atoms with Crippen LogP contribution in [0.2, 0.25) is 0 Å². The number of fused-ring (bicyclic) bond motifs is 5. The van der Waals surface area contributed by atoms with Crippen LogP contribution in [-0.4, -0.2) is 41.1 Å². The quantitative estimate of drug-likeness (QED) is 0.437. The number of Topliss-reactive ketones (excluding diaryl/α,β-unsaturated/α-hetero) is 1. The number of imide groups is 1. The molecule has 0 unspecified atom stereocenters. The van der Waals surface area contributed by atoms with Crippen molar-refractivity contribution < 1.29 is 14.4 Å². The molecular formula is C26H24N2O3. The number of ketones is 1. The van der Waals surface area contributed by atoms with Crippen molar-refractivity contribution in [1.82, 2.24) is 4.90 Å². The molecule has 156 valence electrons. The van der Waals surface area contributed by atoms with Crippen LogP contribution in [-0.2, 0) is 9.59 Å². The highest BCUT2D eigenvalue weighted by atomic mass is 16.2. The highest BCUT2D eigenvalue weighted by Gasteiger charge is 2.64. The number of hydrogen-bond donors (Lipinski definition) is 0. The molecule has 0 bridgehead atoms. The zero-order valence-corrected chi connectivity index (χ0v) is 17.6. The van der Waals surface area contributed by atoms with Crippen LogP contribution in [0.25, 0.3) is 5.57 Å². The van der Waals surface area contributed by atoms with E-state index in [1.54, 1.807) is 18.2 Å². The van der Waals surface area contributed by atoms with Crippen LogP contribution in [0.1, 0.15) is 28.4 Å². The monoisotopic (exact) mass is 412 g/mol. The fourth-order valence-electron chi connectivity index (χ4n) is 5.40. The minimum Gasteiger partial charge on any atom is -0.352 e. The lowest BCUT2D eigenvalue weighted by atomic mass is 9.85. The highest BCUT2D eigenvalue weighted by molar-refractivity contribution is 6.14. The second-order valence-corrected chi connectivity index (χ2v) is 8.57. The van der Waals surface area contributed by atoms with Crippen molar-refractivity contribution in [2.75, 3.05) is 11.4 Å². The van der Waals surface area contributed by atoms with Crippen LogP contribution in [0.4, 0.5) is 5.69 Å². The van der Waals surface area contributed by atoms with Crippen molar-refractivity contribution in [3.63, 3.8) is 0 Å². The molecule has 0 spiro atoms. The molecule has 5 heteroatoms. The Hall–Kier alpha value is -3.47. The summed E-state index contributed by atoms with van der Waals surface area (Å²) in [6.45, 7) is 7.91. The molecule has 5 rings (SSSR count). The third-order valence-electron chi connectivity index (χ3n) is 6.73. The van der Waals surface area contributed by atoms with E-state index in [9.17, 15) is 14.4 Å². The van der Waals surface area contributed by atoms with Crippen molar-refractivity contribution in [3.8, 4) is 0 Å². The summed E-state index contributed by atoms with van der Waals surface area (Å²) in [4.78, 5) is 43.7. The zero-order chi connectivity index (χ0) is 21.9. The first-order chi connectivity index (χ1) is 14.9. The molecule has 0 saturated carbocycles. The Labute approximate surface area is 181 Å². The van der Waals surface area contributed by atoms with Gasteiger partial charge in [0.15, 0.2) is 5.78 Å². The Morgan fingerprint density at radius 2 is 1.74 bits per heavy atom. The normalized spacial score (nSPS) is 26.3. The van der Waals surface area contributed by atoms with Gasteiger partial charge in [-0.3, -0.25) is 19.3 Å². The lowest BCUT2D eigenvalue weighted by Gasteiger charge is -2.38. The number of anilines is 1. The summed E-state index contributed by atoms with van der Waals surface area (Å²) in [7, 11) is 0. The predicted octanol–water partition coefficient (Wildman–Crippen LogP) is 3.64. The van der Waals surface area contributed by atoms with Gasteiger partial charge in [-0.05, 0) is 31.6 Å². The van der Waals surface area contributed by atoms with E-state index in [4.69, 9.17) is 0 Å². The molecule has 0 radical (unpaired) electrons. The average molecular weight is 412 g/mol. The molecule has 3 heterocycles. The van der Waals surface area contributed by atoms with Gasteiger partial charge < -0.3 is 4.90 Å². The molecule has 2 saturated heterocycles. The predicted molar refractivity (Wildman–Crippen MR) is 120 cm³/mol. The fraction of sp³-hybridized carbons (Fsp3) is 0.269. The molecule has 2 aromatic rings. The number of aryl methyl sites for hydroxylation is 1. The maximum Gasteiger partial charge on any atom is 0.236 e. The Bertz CT molecular complexity index is 1150. The molecule has 31 heavy (non-hydrogen) atoms. The zero-order valence-electron chi connectivity index (χ0n) is 17.6. The molecule has 2 amide bonds. The SMILES string of the molecule is C=CCN1C(=O)[C@@H]2[C@H](C1=O)[C@@H]1C=C(C)c3cc(C)ccc3N1[C@@H]2C(=O)c1ccccc1. The number of likely N-dealkylation sites (tertiary alicyclic amines) is 1. The van der Waals surface area contributed by atoms with Gasteiger partial charge in [0, 0.05) is 23.4 Å². The third kappa shape index (κ3) is 2.73. The molecule has 0 aromatic heterocycles. The molecule has 3 aliphatic heterocycles. The largest absolute Gasteiger partial charge is 0.352 e. The van der Waals surface area contributed by atoms with Gasteiger partial charge in [-0.25, -0.2) is 0 Å². The summed E-state index contributed by atoms with van der Waals surface area (Å²) in [5.74, 6) is -1.90. The second kappa shape index (κ2) is 7.05. The molecule has 0 N–H and O–H groups in total. The summed E-state index contributed by atoms with van der Waals surface area (Å²) in [5, 5.41) is 0. The first-order valence-corrected chi connectivity index (χ1v) is 10.6. The van der Waals surface area contributed by atoms with Crippen molar-refractivity contribution in [1.29, 1.82) is 0 Å². The minimum atomic E-state index is -0.727. The molecule has 4 atom stereocenters.